The van der Waals surface area contributed by atoms with E-state index in [2.05, 4.69) is 36.5 Å². The van der Waals surface area contributed by atoms with Crippen LogP contribution in [-0.2, 0) is 17.8 Å². The Morgan fingerprint density at radius 1 is 1.03 bits per heavy atom. The zero-order valence-electron chi connectivity index (χ0n) is 18.8. The Bertz CT molecular complexity index is 1110. The van der Waals surface area contributed by atoms with Crippen molar-refractivity contribution in [2.45, 2.75) is 38.2 Å². The number of amides is 2. The summed E-state index contributed by atoms with van der Waals surface area (Å²) in [4.78, 5) is 27.2. The molecule has 2 atom stereocenters. The van der Waals surface area contributed by atoms with E-state index in [1.54, 1.807) is 11.8 Å². The highest BCUT2D eigenvalue weighted by Gasteiger charge is 2.32. The van der Waals surface area contributed by atoms with E-state index in [0.717, 1.165) is 23.1 Å². The van der Waals surface area contributed by atoms with Crippen molar-refractivity contribution in [3.05, 3.63) is 106 Å². The van der Waals surface area contributed by atoms with Gasteiger partial charge in [-0.25, -0.2) is 0 Å². The van der Waals surface area contributed by atoms with Crippen LogP contribution in [-0.4, -0.2) is 22.5 Å². The second-order valence-electron chi connectivity index (χ2n) is 8.22. The number of hydrogen-bond donors (Lipinski definition) is 1. The van der Waals surface area contributed by atoms with Crippen LogP contribution in [0.25, 0.3) is 0 Å². The van der Waals surface area contributed by atoms with Gasteiger partial charge in [0.15, 0.2) is 0 Å². The number of benzene rings is 3. The molecule has 0 radical (unpaired) electrons. The maximum Gasteiger partial charge on any atom is 0.251 e. The largest absolute Gasteiger partial charge is 0.346 e. The second-order valence-corrected chi connectivity index (χ2v) is 9.73. The number of rotatable bonds is 7. The standard InChI is InChI=1S/C27H27ClN2O2S/c1-3-19-4-8-21(9-5-19)18(2)29-26(32)22-10-12-23(13-11-22)27-30(25(31)17-33-27)16-20-6-14-24(28)15-7-20/h4-15,18,27H,3,16-17H2,1-2H3,(H,29,32). The van der Waals surface area contributed by atoms with Crippen molar-refractivity contribution in [1.29, 1.82) is 0 Å². The smallest absolute Gasteiger partial charge is 0.251 e. The highest BCUT2D eigenvalue weighted by Crippen LogP contribution is 2.39. The zero-order chi connectivity index (χ0) is 23.4. The van der Waals surface area contributed by atoms with Crippen molar-refractivity contribution in [2.75, 3.05) is 5.75 Å². The number of thioether (sulfide) groups is 1. The van der Waals surface area contributed by atoms with Gasteiger partial charge in [-0.2, -0.15) is 0 Å². The van der Waals surface area contributed by atoms with Crippen molar-refractivity contribution < 1.29 is 9.59 Å². The Balaban J connectivity index is 1.42. The van der Waals surface area contributed by atoms with Crippen LogP contribution in [0.5, 0.6) is 0 Å². The minimum Gasteiger partial charge on any atom is -0.346 e. The van der Waals surface area contributed by atoms with E-state index in [4.69, 9.17) is 11.6 Å². The van der Waals surface area contributed by atoms with Crippen LogP contribution in [0.2, 0.25) is 5.02 Å². The Morgan fingerprint density at radius 2 is 1.67 bits per heavy atom. The van der Waals surface area contributed by atoms with Gasteiger partial charge >= 0.3 is 0 Å². The monoisotopic (exact) mass is 478 g/mol. The van der Waals surface area contributed by atoms with Gasteiger partial charge in [0.05, 0.1) is 11.8 Å². The summed E-state index contributed by atoms with van der Waals surface area (Å²) in [5.74, 6) is 0.459. The van der Waals surface area contributed by atoms with Gasteiger partial charge in [-0.15, -0.1) is 11.8 Å². The first kappa shape index (κ1) is 23.4. The van der Waals surface area contributed by atoms with E-state index in [0.29, 0.717) is 22.9 Å². The third-order valence-electron chi connectivity index (χ3n) is 5.93. The molecule has 1 heterocycles. The number of hydrogen-bond acceptors (Lipinski definition) is 3. The fraction of sp³-hybridized carbons (Fsp3) is 0.259. The molecule has 4 nitrogen and oxygen atoms in total. The molecule has 0 spiro atoms. The molecular formula is C27H27ClN2O2S. The average Bonchev–Trinajstić information content (AvgIpc) is 3.20. The predicted molar refractivity (Wildman–Crippen MR) is 135 cm³/mol. The van der Waals surface area contributed by atoms with Crippen LogP contribution >= 0.6 is 23.4 Å². The lowest BCUT2D eigenvalue weighted by atomic mass is 10.0. The van der Waals surface area contributed by atoms with E-state index >= 15 is 0 Å². The summed E-state index contributed by atoms with van der Waals surface area (Å²) >= 11 is 7.59. The summed E-state index contributed by atoms with van der Waals surface area (Å²) in [6.45, 7) is 4.65. The van der Waals surface area contributed by atoms with Crippen molar-refractivity contribution in [1.82, 2.24) is 10.2 Å². The number of nitrogens with zero attached hydrogens (tertiary/aromatic N) is 1. The highest BCUT2D eigenvalue weighted by molar-refractivity contribution is 8.00. The Morgan fingerprint density at radius 3 is 2.30 bits per heavy atom. The second kappa shape index (κ2) is 10.4. The molecule has 3 aromatic carbocycles. The van der Waals surface area contributed by atoms with Gasteiger partial charge in [0, 0.05) is 17.1 Å². The molecule has 0 saturated carbocycles. The number of nitrogens with one attached hydrogen (secondary N) is 1. The Labute approximate surface area is 204 Å². The van der Waals surface area contributed by atoms with Crippen LogP contribution in [0, 0.1) is 0 Å². The lowest BCUT2D eigenvalue weighted by molar-refractivity contribution is -0.128. The lowest BCUT2D eigenvalue weighted by Crippen LogP contribution is -2.28. The SMILES string of the molecule is CCc1ccc(C(C)NC(=O)c2ccc(C3SCC(=O)N3Cc3ccc(Cl)cc3)cc2)cc1. The molecule has 170 valence electrons. The Hall–Kier alpha value is -2.76. The molecule has 1 saturated heterocycles. The number of halogens is 1. The van der Waals surface area contributed by atoms with E-state index in [9.17, 15) is 9.59 Å². The van der Waals surface area contributed by atoms with Crippen LogP contribution < -0.4 is 5.32 Å². The van der Waals surface area contributed by atoms with E-state index in [1.165, 1.54) is 5.56 Å². The molecule has 4 rings (SSSR count). The highest BCUT2D eigenvalue weighted by atomic mass is 35.5. The quantitative estimate of drug-likeness (QED) is 0.442. The first-order chi connectivity index (χ1) is 15.9. The number of carbonyl (C=O) groups is 2. The summed E-state index contributed by atoms with van der Waals surface area (Å²) in [5, 5.41) is 3.68. The normalized spacial score (nSPS) is 16.6. The number of aryl methyl sites for hydroxylation is 1. The first-order valence-electron chi connectivity index (χ1n) is 11.1. The molecule has 1 aliphatic heterocycles. The van der Waals surface area contributed by atoms with E-state index in [1.807, 2.05) is 60.4 Å². The van der Waals surface area contributed by atoms with E-state index in [-0.39, 0.29) is 23.2 Å². The molecule has 1 aliphatic rings. The van der Waals surface area contributed by atoms with Gasteiger partial charge in [0.2, 0.25) is 5.91 Å². The van der Waals surface area contributed by atoms with Crippen molar-refractivity contribution in [3.8, 4) is 0 Å². The molecule has 33 heavy (non-hydrogen) atoms. The van der Waals surface area contributed by atoms with Crippen molar-refractivity contribution in [2.24, 2.45) is 0 Å². The lowest BCUT2D eigenvalue weighted by Gasteiger charge is -2.24. The van der Waals surface area contributed by atoms with Crippen LogP contribution in [0.15, 0.2) is 72.8 Å². The molecule has 2 unspecified atom stereocenters. The predicted octanol–water partition coefficient (Wildman–Crippen LogP) is 6.17. The summed E-state index contributed by atoms with van der Waals surface area (Å²) in [5.41, 5.74) is 5.02. The van der Waals surface area contributed by atoms with Crippen molar-refractivity contribution >= 4 is 35.2 Å². The molecule has 0 aliphatic carbocycles. The third kappa shape index (κ3) is 5.60. The van der Waals surface area contributed by atoms with Gasteiger partial charge < -0.3 is 10.2 Å². The van der Waals surface area contributed by atoms with Gasteiger partial charge in [0.1, 0.15) is 5.37 Å². The van der Waals surface area contributed by atoms with Gasteiger partial charge in [-0.3, -0.25) is 9.59 Å². The molecule has 0 bridgehead atoms. The molecule has 2 amide bonds. The molecule has 6 heteroatoms. The minimum atomic E-state index is -0.109. The summed E-state index contributed by atoms with van der Waals surface area (Å²) in [7, 11) is 0. The van der Waals surface area contributed by atoms with Gasteiger partial charge in [0.25, 0.3) is 5.91 Å². The first-order valence-corrected chi connectivity index (χ1v) is 12.5. The topological polar surface area (TPSA) is 49.4 Å². The molecule has 0 aromatic heterocycles. The third-order valence-corrected chi connectivity index (χ3v) is 7.44. The van der Waals surface area contributed by atoms with Gasteiger partial charge in [-0.1, -0.05) is 67.1 Å². The van der Waals surface area contributed by atoms with Crippen molar-refractivity contribution in [3.63, 3.8) is 0 Å². The summed E-state index contributed by atoms with van der Waals surface area (Å²) in [6, 6.07) is 23.4. The molecular weight excluding hydrogens is 452 g/mol. The molecule has 1 N–H and O–H groups in total. The fourth-order valence-electron chi connectivity index (χ4n) is 3.89. The van der Waals surface area contributed by atoms with Crippen LogP contribution in [0.4, 0.5) is 0 Å². The molecule has 3 aromatic rings. The summed E-state index contributed by atoms with van der Waals surface area (Å²) in [6.07, 6.45) is 0.995. The van der Waals surface area contributed by atoms with Crippen LogP contribution in [0.1, 0.15) is 57.9 Å². The van der Waals surface area contributed by atoms with E-state index < -0.39 is 0 Å². The van der Waals surface area contributed by atoms with Gasteiger partial charge in [-0.05, 0) is 59.9 Å². The molecule has 1 fully saturated rings. The average molecular weight is 479 g/mol. The zero-order valence-corrected chi connectivity index (χ0v) is 20.3. The summed E-state index contributed by atoms with van der Waals surface area (Å²) < 4.78 is 0. The maximum atomic E-state index is 12.8. The minimum absolute atomic E-state index is 0.0682. The Kier molecular flexibility index (Phi) is 7.41. The number of carbonyl (C=O) groups excluding carboxylic acids is 2. The fourth-order valence-corrected chi connectivity index (χ4v) is 5.21. The van der Waals surface area contributed by atoms with Crippen LogP contribution in [0.3, 0.4) is 0 Å². The maximum absolute atomic E-state index is 12.8.